The van der Waals surface area contributed by atoms with E-state index in [2.05, 4.69) is 69.2 Å². The maximum Gasteiger partial charge on any atom is 0.170 e. The molecule has 0 bridgehead atoms. The van der Waals surface area contributed by atoms with Gasteiger partial charge in [-0.1, -0.05) is 24.3 Å². The highest BCUT2D eigenvalue weighted by Crippen LogP contribution is 2.40. The number of hydrogen-bond donors (Lipinski definition) is 1. The molecular weight excluding hydrogens is 380 g/mol. The summed E-state index contributed by atoms with van der Waals surface area (Å²) in [7, 11) is 1.73. The van der Waals surface area contributed by atoms with Gasteiger partial charge in [-0.15, -0.1) is 0 Å². The van der Waals surface area contributed by atoms with Crippen LogP contribution in [0.15, 0.2) is 66.9 Å². The van der Waals surface area contributed by atoms with Gasteiger partial charge in [0.2, 0.25) is 0 Å². The fourth-order valence-corrected chi connectivity index (χ4v) is 4.40. The second-order valence-electron chi connectivity index (χ2n) is 7.24. The van der Waals surface area contributed by atoms with E-state index < -0.39 is 0 Å². The molecule has 0 saturated carbocycles. The van der Waals surface area contributed by atoms with Crippen LogP contribution in [-0.2, 0) is 4.74 Å². The minimum Gasteiger partial charge on any atom is -0.385 e. The monoisotopic (exact) mass is 406 g/mol. The summed E-state index contributed by atoms with van der Waals surface area (Å²) in [6.45, 7) is 3.67. The summed E-state index contributed by atoms with van der Waals surface area (Å²) in [4.78, 5) is 6.91. The van der Waals surface area contributed by atoms with Gasteiger partial charge in [0.1, 0.15) is 0 Å². The number of hydrogen-bond acceptors (Lipinski definition) is 3. The molecule has 150 valence electrons. The molecule has 2 aromatic heterocycles. The van der Waals surface area contributed by atoms with Gasteiger partial charge in [-0.25, -0.2) is 0 Å². The summed E-state index contributed by atoms with van der Waals surface area (Å²) in [6, 6.07) is 20.9. The van der Waals surface area contributed by atoms with Crippen molar-refractivity contribution < 1.29 is 4.74 Å². The average molecular weight is 407 g/mol. The Bertz CT molecular complexity index is 958. The van der Waals surface area contributed by atoms with Gasteiger partial charge in [-0.2, -0.15) is 0 Å². The van der Waals surface area contributed by atoms with Gasteiger partial charge in [0.05, 0.1) is 17.8 Å². The van der Waals surface area contributed by atoms with Crippen molar-refractivity contribution in [3.05, 3.63) is 83.9 Å². The van der Waals surface area contributed by atoms with Crippen molar-refractivity contribution in [2.75, 3.05) is 20.3 Å². The van der Waals surface area contributed by atoms with E-state index >= 15 is 0 Å². The fourth-order valence-electron chi connectivity index (χ4n) is 4.07. The van der Waals surface area contributed by atoms with Gasteiger partial charge in [0.25, 0.3) is 0 Å². The number of aromatic nitrogens is 2. The van der Waals surface area contributed by atoms with E-state index in [9.17, 15) is 0 Å². The molecule has 6 heteroatoms. The highest BCUT2D eigenvalue weighted by Gasteiger charge is 2.41. The molecule has 1 aliphatic heterocycles. The number of para-hydroxylation sites is 1. The van der Waals surface area contributed by atoms with Crippen molar-refractivity contribution in [2.45, 2.75) is 25.4 Å². The first-order chi connectivity index (χ1) is 14.2. The third-order valence-corrected chi connectivity index (χ3v) is 5.72. The van der Waals surface area contributed by atoms with Crippen LogP contribution in [0.2, 0.25) is 0 Å². The lowest BCUT2D eigenvalue weighted by Crippen LogP contribution is -2.32. The number of methoxy groups -OCH3 is 1. The van der Waals surface area contributed by atoms with Crippen molar-refractivity contribution in [3.63, 3.8) is 0 Å². The molecule has 1 aromatic carbocycles. The minimum atomic E-state index is -0.0111. The summed E-state index contributed by atoms with van der Waals surface area (Å²) in [5, 5.41) is 4.29. The van der Waals surface area contributed by atoms with Crippen molar-refractivity contribution in [3.8, 4) is 5.69 Å². The zero-order valence-electron chi connectivity index (χ0n) is 16.8. The Morgan fingerprint density at radius 1 is 1.07 bits per heavy atom. The molecule has 2 atom stereocenters. The maximum atomic E-state index is 5.75. The second-order valence-corrected chi connectivity index (χ2v) is 7.62. The Hall–Kier alpha value is -2.70. The normalized spacial score (nSPS) is 18.8. The Labute approximate surface area is 177 Å². The van der Waals surface area contributed by atoms with Crippen molar-refractivity contribution in [2.24, 2.45) is 0 Å². The molecule has 4 rings (SSSR count). The highest BCUT2D eigenvalue weighted by molar-refractivity contribution is 7.80. The summed E-state index contributed by atoms with van der Waals surface area (Å²) in [5.41, 5.74) is 4.54. The second kappa shape index (κ2) is 8.76. The van der Waals surface area contributed by atoms with Crippen LogP contribution in [0.3, 0.4) is 0 Å². The fraction of sp³-hybridized carbons (Fsp3) is 0.304. The Morgan fingerprint density at radius 2 is 1.86 bits per heavy atom. The van der Waals surface area contributed by atoms with Crippen LogP contribution in [0.1, 0.15) is 35.6 Å². The van der Waals surface area contributed by atoms with Crippen molar-refractivity contribution in [1.82, 2.24) is 19.8 Å². The third kappa shape index (κ3) is 3.91. The van der Waals surface area contributed by atoms with Crippen LogP contribution in [0.5, 0.6) is 0 Å². The summed E-state index contributed by atoms with van der Waals surface area (Å²) in [5.74, 6) is 0. The zero-order valence-corrected chi connectivity index (χ0v) is 17.6. The lowest BCUT2D eigenvalue weighted by atomic mass is 10.0. The molecule has 1 saturated heterocycles. The molecule has 3 aromatic rings. The Kier molecular flexibility index (Phi) is 5.92. The molecule has 0 spiro atoms. The van der Waals surface area contributed by atoms with E-state index in [1.165, 1.54) is 11.4 Å². The van der Waals surface area contributed by atoms with Gasteiger partial charge in [-0.05, 0) is 62.0 Å². The van der Waals surface area contributed by atoms with Crippen LogP contribution in [0.4, 0.5) is 0 Å². The van der Waals surface area contributed by atoms with Crippen molar-refractivity contribution >= 4 is 17.3 Å². The summed E-state index contributed by atoms with van der Waals surface area (Å²) < 4.78 is 7.60. The Balaban J connectivity index is 1.79. The molecule has 5 nitrogen and oxygen atoms in total. The van der Waals surface area contributed by atoms with Crippen LogP contribution in [-0.4, -0.2) is 39.8 Å². The van der Waals surface area contributed by atoms with Gasteiger partial charge in [-0.3, -0.25) is 4.98 Å². The molecule has 1 N–H and O–H groups in total. The average Bonchev–Trinajstić information content (AvgIpc) is 3.29. The predicted molar refractivity (Wildman–Crippen MR) is 119 cm³/mol. The number of rotatable bonds is 7. The highest BCUT2D eigenvalue weighted by atomic mass is 32.1. The van der Waals surface area contributed by atoms with Crippen LogP contribution >= 0.6 is 12.2 Å². The smallest absolute Gasteiger partial charge is 0.170 e. The molecule has 1 fully saturated rings. The number of aryl methyl sites for hydroxylation is 1. The minimum absolute atomic E-state index is 0.0111. The van der Waals surface area contributed by atoms with Crippen LogP contribution in [0, 0.1) is 6.92 Å². The van der Waals surface area contributed by atoms with Gasteiger partial charge < -0.3 is 19.5 Å². The van der Waals surface area contributed by atoms with Crippen LogP contribution in [0.25, 0.3) is 5.69 Å². The quantitative estimate of drug-likeness (QED) is 0.471. The first kappa shape index (κ1) is 19.6. The maximum absolute atomic E-state index is 5.75. The molecule has 0 amide bonds. The van der Waals surface area contributed by atoms with Gasteiger partial charge in [0, 0.05) is 43.5 Å². The van der Waals surface area contributed by atoms with E-state index in [0.717, 1.165) is 29.5 Å². The summed E-state index contributed by atoms with van der Waals surface area (Å²) >= 11 is 5.75. The first-order valence-electron chi connectivity index (χ1n) is 9.91. The number of benzene rings is 1. The molecular formula is C23H26N4OS. The third-order valence-electron chi connectivity index (χ3n) is 5.37. The number of thiocarbonyl (C=S) groups is 1. The van der Waals surface area contributed by atoms with E-state index in [1.54, 1.807) is 7.11 Å². The number of ether oxygens (including phenoxy) is 1. The topological polar surface area (TPSA) is 42.3 Å². The molecule has 29 heavy (non-hydrogen) atoms. The number of nitrogens with zero attached hydrogens (tertiary/aromatic N) is 3. The standard InChI is InChI=1S/C23H26N4OS/c1-17-12-13-20(27(17)18-9-4-3-5-10-18)22-21(19-11-6-7-14-24-19)25-23(29)26(22)15-8-16-28-2/h3-7,9-14,21-22H,8,15-16H2,1-2H3,(H,25,29)/t21-,22-/m0/s1. The lowest BCUT2D eigenvalue weighted by molar-refractivity contribution is 0.180. The predicted octanol–water partition coefficient (Wildman–Crippen LogP) is 4.19. The molecule has 0 aliphatic carbocycles. The Morgan fingerprint density at radius 3 is 2.59 bits per heavy atom. The van der Waals surface area contributed by atoms with E-state index in [-0.39, 0.29) is 12.1 Å². The number of pyridine rings is 1. The number of nitrogens with one attached hydrogen (secondary N) is 1. The summed E-state index contributed by atoms with van der Waals surface area (Å²) in [6.07, 6.45) is 2.75. The molecule has 3 heterocycles. The molecule has 0 radical (unpaired) electrons. The lowest BCUT2D eigenvalue weighted by Gasteiger charge is -2.29. The van der Waals surface area contributed by atoms with E-state index in [1.807, 2.05) is 24.4 Å². The molecule has 0 unspecified atom stereocenters. The van der Waals surface area contributed by atoms with Gasteiger partial charge >= 0.3 is 0 Å². The largest absolute Gasteiger partial charge is 0.385 e. The van der Waals surface area contributed by atoms with Gasteiger partial charge in [0.15, 0.2) is 5.11 Å². The van der Waals surface area contributed by atoms with Crippen molar-refractivity contribution in [1.29, 1.82) is 0 Å². The SMILES string of the molecule is COCCCN1C(=S)N[C@@H](c2ccccn2)[C@@H]1c1ccc(C)n1-c1ccccc1. The van der Waals surface area contributed by atoms with E-state index in [0.29, 0.717) is 6.61 Å². The zero-order chi connectivity index (χ0) is 20.2. The first-order valence-corrected chi connectivity index (χ1v) is 10.3. The molecule has 1 aliphatic rings. The van der Waals surface area contributed by atoms with E-state index in [4.69, 9.17) is 17.0 Å². The van der Waals surface area contributed by atoms with Crippen LogP contribution < -0.4 is 5.32 Å².